The van der Waals surface area contributed by atoms with E-state index in [1.54, 1.807) is 30.3 Å². The first-order valence-electron chi connectivity index (χ1n) is 7.78. The number of fused-ring (bicyclic) bond motifs is 1. The number of rotatable bonds is 5. The molecule has 27 heavy (non-hydrogen) atoms. The molecular formula is C17H18BrClF2N2O3S. The van der Waals surface area contributed by atoms with Gasteiger partial charge >= 0.3 is 6.61 Å². The van der Waals surface area contributed by atoms with E-state index < -0.39 is 21.4 Å². The molecule has 1 aliphatic carbocycles. The lowest BCUT2D eigenvalue weighted by atomic mass is 10.0. The summed E-state index contributed by atoms with van der Waals surface area (Å²) in [6.07, 6.45) is 2.95. The molecule has 1 unspecified atom stereocenters. The number of nitrogens with two attached hydrogens (primary N) is 1. The number of hydrogen-bond donors (Lipinski definition) is 1. The average molecular weight is 484 g/mol. The summed E-state index contributed by atoms with van der Waals surface area (Å²) in [4.78, 5) is 0. The van der Waals surface area contributed by atoms with Crippen molar-refractivity contribution in [3.63, 3.8) is 0 Å². The topological polar surface area (TPSA) is 74.3 Å². The van der Waals surface area contributed by atoms with Gasteiger partial charge in [-0.2, -0.15) is 8.78 Å². The van der Waals surface area contributed by atoms with Crippen molar-refractivity contribution in [3.8, 4) is 0 Å². The van der Waals surface area contributed by atoms with E-state index >= 15 is 0 Å². The highest BCUT2D eigenvalue weighted by Gasteiger charge is 2.46. The first-order chi connectivity index (χ1) is 12.2. The van der Waals surface area contributed by atoms with Crippen LogP contribution in [0.15, 0.2) is 52.7 Å². The van der Waals surface area contributed by atoms with Crippen molar-refractivity contribution in [1.82, 2.24) is 3.97 Å². The number of allylic oxidation sites excluding steroid dienone is 2. The Kier molecular flexibility index (Phi) is 6.40. The van der Waals surface area contributed by atoms with Gasteiger partial charge in [0.15, 0.2) is 0 Å². The second-order valence-electron chi connectivity index (χ2n) is 6.06. The third-order valence-corrected chi connectivity index (χ3v) is 8.38. The van der Waals surface area contributed by atoms with Crippen molar-refractivity contribution in [2.24, 2.45) is 5.73 Å². The number of ether oxygens (including phenoxy) is 1. The molecule has 0 spiro atoms. The van der Waals surface area contributed by atoms with Crippen molar-refractivity contribution in [2.75, 3.05) is 0 Å². The fraction of sp³-hybridized carbons (Fsp3) is 0.294. The molecule has 5 nitrogen and oxygen atoms in total. The number of aromatic nitrogens is 1. The van der Waals surface area contributed by atoms with Gasteiger partial charge in [0.1, 0.15) is 10.5 Å². The molecule has 2 aromatic rings. The van der Waals surface area contributed by atoms with Crippen LogP contribution in [0.4, 0.5) is 8.78 Å². The fourth-order valence-electron chi connectivity index (χ4n) is 3.03. The van der Waals surface area contributed by atoms with E-state index in [1.807, 2.05) is 0 Å². The van der Waals surface area contributed by atoms with Crippen LogP contribution >= 0.6 is 28.3 Å². The van der Waals surface area contributed by atoms with Crippen molar-refractivity contribution in [3.05, 3.63) is 58.4 Å². The molecule has 148 valence electrons. The summed E-state index contributed by atoms with van der Waals surface area (Å²) < 4.78 is 56.7. The van der Waals surface area contributed by atoms with Crippen LogP contribution in [0.3, 0.4) is 0 Å². The Morgan fingerprint density at radius 1 is 1.37 bits per heavy atom. The lowest BCUT2D eigenvalue weighted by molar-refractivity contribution is -0.0928. The van der Waals surface area contributed by atoms with E-state index in [0.29, 0.717) is 11.2 Å². The number of nitrogens with zero attached hydrogens (tertiary/aromatic N) is 1. The molecule has 0 saturated heterocycles. The fourth-order valence-corrected chi connectivity index (χ4v) is 5.93. The van der Waals surface area contributed by atoms with E-state index in [0.717, 1.165) is 5.39 Å². The molecular weight excluding hydrogens is 466 g/mol. The van der Waals surface area contributed by atoms with Crippen LogP contribution in [-0.4, -0.2) is 23.7 Å². The molecule has 0 amide bonds. The molecule has 1 atom stereocenters. The Hall–Kier alpha value is -1.42. The molecule has 1 aromatic heterocycles. The Morgan fingerprint density at radius 3 is 2.67 bits per heavy atom. The zero-order valence-corrected chi connectivity index (χ0v) is 17.5. The summed E-state index contributed by atoms with van der Waals surface area (Å²) in [6, 6.07) is 8.72. The minimum atomic E-state index is -4.05. The monoisotopic (exact) mass is 482 g/mol. The number of halogens is 4. The van der Waals surface area contributed by atoms with Gasteiger partial charge in [-0.15, -0.1) is 12.4 Å². The maximum atomic E-state index is 13.6. The third kappa shape index (κ3) is 3.53. The molecule has 0 saturated carbocycles. The molecule has 1 aromatic carbocycles. The van der Waals surface area contributed by atoms with Crippen LogP contribution in [0.5, 0.6) is 0 Å². The van der Waals surface area contributed by atoms with Crippen LogP contribution in [0.2, 0.25) is 0 Å². The highest BCUT2D eigenvalue weighted by Crippen LogP contribution is 2.43. The zero-order chi connectivity index (χ0) is 19.1. The van der Waals surface area contributed by atoms with Crippen LogP contribution < -0.4 is 5.73 Å². The van der Waals surface area contributed by atoms with E-state index in [2.05, 4.69) is 20.7 Å². The van der Waals surface area contributed by atoms with E-state index in [-0.39, 0.29) is 35.6 Å². The van der Waals surface area contributed by atoms with Gasteiger partial charge in [0.05, 0.1) is 10.00 Å². The second kappa shape index (κ2) is 7.90. The third-order valence-electron chi connectivity index (χ3n) is 4.43. The molecule has 0 aliphatic heterocycles. The van der Waals surface area contributed by atoms with Gasteiger partial charge in [-0.25, -0.2) is 12.4 Å². The molecule has 10 heteroatoms. The predicted octanol–water partition coefficient (Wildman–Crippen LogP) is 4.26. The molecule has 0 bridgehead atoms. The number of alkyl halides is 2. The van der Waals surface area contributed by atoms with Gasteiger partial charge in [-0.05, 0) is 47.5 Å². The van der Waals surface area contributed by atoms with Crippen molar-refractivity contribution in [1.29, 1.82) is 0 Å². The summed E-state index contributed by atoms with van der Waals surface area (Å²) in [5.41, 5.74) is 6.67. The number of para-hydroxylation sites is 1. The quantitative estimate of drug-likeness (QED) is 0.689. The van der Waals surface area contributed by atoms with Crippen molar-refractivity contribution < 1.29 is 21.9 Å². The van der Waals surface area contributed by atoms with Gasteiger partial charge in [0, 0.05) is 17.6 Å². The summed E-state index contributed by atoms with van der Waals surface area (Å²) in [5.74, 6) is -0.205. The maximum Gasteiger partial charge on any atom is 0.387 e. The summed E-state index contributed by atoms with van der Waals surface area (Å²) in [7, 11) is -4.05. The smallest absolute Gasteiger partial charge is 0.387 e. The number of benzene rings is 1. The Morgan fingerprint density at radius 2 is 2.04 bits per heavy atom. The first-order valence-corrected chi connectivity index (χ1v) is 10.0. The average Bonchev–Trinajstić information content (AvgIpc) is 2.97. The Bertz CT molecular complexity index is 1020. The minimum absolute atomic E-state index is 0. The largest absolute Gasteiger partial charge is 0.434 e. The summed E-state index contributed by atoms with van der Waals surface area (Å²) in [6.45, 7) is -1.57. The molecule has 0 fully saturated rings. The molecule has 3 rings (SSSR count). The van der Waals surface area contributed by atoms with Crippen LogP contribution in [0.1, 0.15) is 19.0 Å². The first kappa shape index (κ1) is 21.9. The molecule has 1 aliphatic rings. The van der Waals surface area contributed by atoms with Gasteiger partial charge in [-0.3, -0.25) is 0 Å². The molecule has 0 radical (unpaired) electrons. The van der Waals surface area contributed by atoms with Crippen molar-refractivity contribution >= 4 is 49.3 Å². The Balaban J connectivity index is 0.00000261. The highest BCUT2D eigenvalue weighted by atomic mass is 79.9. The second-order valence-corrected chi connectivity index (χ2v) is 9.07. The standard InChI is InChI=1S/C17H17BrF2N2O3S.ClH/c1-17(8-4-7-14(15(17)18)25-16(19)20)26(23,24)22-12(10-21)9-11-5-2-3-6-13(11)22;/h2-7,9,16H,8,10,21H2,1H3;1H. The maximum absolute atomic E-state index is 13.6. The van der Waals surface area contributed by atoms with E-state index in [1.165, 1.54) is 23.0 Å². The van der Waals surface area contributed by atoms with Gasteiger partial charge in [-0.1, -0.05) is 24.3 Å². The predicted molar refractivity (Wildman–Crippen MR) is 107 cm³/mol. The Labute approximate surface area is 170 Å². The lowest BCUT2D eigenvalue weighted by Gasteiger charge is -2.32. The zero-order valence-electron chi connectivity index (χ0n) is 14.2. The minimum Gasteiger partial charge on any atom is -0.434 e. The lowest BCUT2D eigenvalue weighted by Crippen LogP contribution is -2.42. The summed E-state index contributed by atoms with van der Waals surface area (Å²) in [5, 5.41) is 0.732. The highest BCUT2D eigenvalue weighted by molar-refractivity contribution is 9.12. The van der Waals surface area contributed by atoms with Gasteiger partial charge in [0.2, 0.25) is 10.0 Å². The summed E-state index contributed by atoms with van der Waals surface area (Å²) >= 11 is 3.18. The van der Waals surface area contributed by atoms with Crippen LogP contribution in [0, 0.1) is 0 Å². The number of hydrogen-bond acceptors (Lipinski definition) is 4. The van der Waals surface area contributed by atoms with E-state index in [9.17, 15) is 17.2 Å². The normalized spacial score (nSPS) is 20.2. The van der Waals surface area contributed by atoms with Gasteiger partial charge in [0.25, 0.3) is 0 Å². The van der Waals surface area contributed by atoms with Crippen LogP contribution in [-0.2, 0) is 21.3 Å². The van der Waals surface area contributed by atoms with Crippen molar-refractivity contribution in [2.45, 2.75) is 31.2 Å². The molecule has 2 N–H and O–H groups in total. The van der Waals surface area contributed by atoms with Gasteiger partial charge < -0.3 is 10.5 Å². The SMILES string of the molecule is CC1(S(=O)(=O)n2c(CN)cc3ccccc32)CC=CC(OC(F)F)=C1Br.Cl. The van der Waals surface area contributed by atoms with E-state index in [4.69, 9.17) is 5.73 Å². The van der Waals surface area contributed by atoms with Crippen LogP contribution in [0.25, 0.3) is 10.9 Å². The molecule has 1 heterocycles.